The molecule has 8 nitrogen and oxygen atoms in total. The predicted octanol–water partition coefficient (Wildman–Crippen LogP) is 5.66. The molecule has 4 aliphatic heterocycles. The van der Waals surface area contributed by atoms with E-state index in [1.165, 1.54) is 6.42 Å². The van der Waals surface area contributed by atoms with Crippen LogP contribution in [0.15, 0.2) is 42.5 Å². The quantitative estimate of drug-likeness (QED) is 0.254. The van der Waals surface area contributed by atoms with Crippen molar-refractivity contribution < 1.29 is 19.0 Å². The van der Waals surface area contributed by atoms with Gasteiger partial charge in [0.2, 0.25) is 0 Å². The van der Waals surface area contributed by atoms with Gasteiger partial charge >= 0.3 is 6.01 Å². The van der Waals surface area contributed by atoms with Crippen molar-refractivity contribution in [3.05, 3.63) is 53.3 Å². The predicted molar refractivity (Wildman–Crippen MR) is 171 cm³/mol. The van der Waals surface area contributed by atoms with Crippen molar-refractivity contribution in [3.63, 3.8) is 0 Å². The zero-order valence-corrected chi connectivity index (χ0v) is 25.6. The number of phenols is 1. The molecule has 1 aromatic heterocycles. The number of benzene rings is 3. The van der Waals surface area contributed by atoms with Gasteiger partial charge in [0.25, 0.3) is 0 Å². The Morgan fingerprint density at radius 2 is 1.89 bits per heavy atom. The van der Waals surface area contributed by atoms with Gasteiger partial charge in [0.15, 0.2) is 5.82 Å². The van der Waals surface area contributed by atoms with Crippen LogP contribution in [0.2, 0.25) is 5.02 Å². The van der Waals surface area contributed by atoms with E-state index < -0.39 is 5.82 Å². The number of ether oxygens (including phenoxy) is 2. The second kappa shape index (κ2) is 9.64. The third-order valence-electron chi connectivity index (χ3n) is 11.8. The van der Waals surface area contributed by atoms with Crippen molar-refractivity contribution in [2.24, 2.45) is 5.41 Å². The van der Waals surface area contributed by atoms with Crippen LogP contribution in [0, 0.1) is 11.2 Å². The number of piperidine rings is 1. The van der Waals surface area contributed by atoms with Crippen molar-refractivity contribution in [2.75, 3.05) is 31.1 Å². The summed E-state index contributed by atoms with van der Waals surface area (Å²) in [6.07, 6.45) is 7.62. The molecule has 2 aliphatic carbocycles. The molecule has 4 saturated heterocycles. The number of likely N-dealkylation sites (tertiary alicyclic amines) is 1. The van der Waals surface area contributed by atoms with E-state index in [0.717, 1.165) is 62.5 Å². The van der Waals surface area contributed by atoms with Crippen molar-refractivity contribution in [2.45, 2.75) is 74.9 Å². The molecular weight excluding hydrogens is 593 g/mol. The molecular formula is C35H35ClFN5O3. The number of piperazine rings is 1. The molecule has 7 atom stereocenters. The first kappa shape index (κ1) is 26.9. The van der Waals surface area contributed by atoms with E-state index >= 15 is 4.39 Å². The van der Waals surface area contributed by atoms with Gasteiger partial charge in [-0.2, -0.15) is 9.97 Å². The highest BCUT2D eigenvalue weighted by Gasteiger charge is 2.78. The maximum Gasteiger partial charge on any atom is 0.319 e. The third kappa shape index (κ3) is 3.81. The fraction of sp³-hybridized carbons (Fsp3) is 0.486. The van der Waals surface area contributed by atoms with Crippen LogP contribution in [0.4, 0.5) is 10.2 Å². The molecule has 10 heteroatoms. The summed E-state index contributed by atoms with van der Waals surface area (Å²) >= 11 is 6.89. The van der Waals surface area contributed by atoms with E-state index in [0.29, 0.717) is 65.2 Å². The van der Waals surface area contributed by atoms with Crippen molar-refractivity contribution in [3.8, 4) is 22.9 Å². The highest BCUT2D eigenvalue weighted by atomic mass is 35.5. The molecule has 6 fully saturated rings. The maximum absolute atomic E-state index is 16.8. The van der Waals surface area contributed by atoms with Crippen molar-refractivity contribution in [1.29, 1.82) is 0 Å². The topological polar surface area (TPSA) is 83.0 Å². The van der Waals surface area contributed by atoms with Crippen LogP contribution < -0.4 is 15.0 Å². The number of aromatic nitrogens is 2. The lowest BCUT2D eigenvalue weighted by molar-refractivity contribution is -0.266. The van der Waals surface area contributed by atoms with Crippen LogP contribution in [-0.2, 0) is 4.74 Å². The highest BCUT2D eigenvalue weighted by molar-refractivity contribution is 6.35. The van der Waals surface area contributed by atoms with E-state index in [-0.39, 0.29) is 27.9 Å². The van der Waals surface area contributed by atoms with Crippen molar-refractivity contribution >= 4 is 39.1 Å². The summed E-state index contributed by atoms with van der Waals surface area (Å²) in [6, 6.07) is 14.9. The van der Waals surface area contributed by atoms with Crippen LogP contribution in [0.3, 0.4) is 0 Å². The number of fused-ring (bicyclic) bond motifs is 5. The largest absolute Gasteiger partial charge is 0.508 e. The van der Waals surface area contributed by atoms with Crippen LogP contribution in [0.1, 0.15) is 38.5 Å². The molecule has 232 valence electrons. The van der Waals surface area contributed by atoms with Gasteiger partial charge in [0.05, 0.1) is 23.8 Å². The molecule has 0 amide bonds. The number of halogens is 2. The molecule has 7 unspecified atom stereocenters. The number of rotatable bonds is 7. The first-order chi connectivity index (χ1) is 22.0. The molecule has 4 bridgehead atoms. The number of nitrogens with one attached hydrogen (secondary N) is 1. The molecule has 5 heterocycles. The summed E-state index contributed by atoms with van der Waals surface area (Å²) in [5.41, 5.74) is 1.36. The molecule has 3 aromatic carbocycles. The molecule has 0 radical (unpaired) electrons. The lowest BCUT2D eigenvalue weighted by Gasteiger charge is -2.71. The smallest absolute Gasteiger partial charge is 0.319 e. The number of aromatic hydroxyl groups is 1. The summed E-state index contributed by atoms with van der Waals surface area (Å²) in [6.45, 7) is 3.01. The Hall–Kier alpha value is -3.24. The van der Waals surface area contributed by atoms with E-state index in [1.807, 2.05) is 24.3 Å². The lowest BCUT2D eigenvalue weighted by atomic mass is 9.52. The fourth-order valence-corrected chi connectivity index (χ4v) is 10.2. The minimum atomic E-state index is -0.538. The van der Waals surface area contributed by atoms with Gasteiger partial charge < -0.3 is 24.8 Å². The number of hydrogen-bond donors (Lipinski definition) is 2. The third-order valence-corrected chi connectivity index (χ3v) is 12.1. The van der Waals surface area contributed by atoms with E-state index in [1.54, 1.807) is 18.2 Å². The van der Waals surface area contributed by atoms with E-state index in [9.17, 15) is 5.11 Å². The molecule has 10 rings (SSSR count). The summed E-state index contributed by atoms with van der Waals surface area (Å²) in [5, 5.41) is 16.6. The fourth-order valence-electron chi connectivity index (χ4n) is 9.93. The normalized spacial score (nSPS) is 32.6. The molecule has 6 aliphatic rings. The molecule has 4 aromatic rings. The van der Waals surface area contributed by atoms with Crippen LogP contribution in [0.5, 0.6) is 11.8 Å². The standard InChI is InChI=1S/C35H35ClFN5O3/c36-26-13-25-32(31(37)30(26)24-11-21(43)10-18-4-1-2-5-23(18)24)39-34(40-33(25)41-16-19-6-7-20(17-41)38-19)44-9-3-8-42-27-12-22-15-35(27)28(42)14-29(35)45-22/h1-2,4-5,10-11,13,19-20,22,27-29,38,43H,3,6-9,12,14-17H2. The second-order valence-corrected chi connectivity index (χ2v) is 14.4. The Labute approximate surface area is 265 Å². The van der Waals surface area contributed by atoms with Crippen LogP contribution >= 0.6 is 11.6 Å². The average Bonchev–Trinajstić information content (AvgIpc) is 3.68. The summed E-state index contributed by atoms with van der Waals surface area (Å²) in [7, 11) is 0. The zero-order valence-electron chi connectivity index (χ0n) is 24.9. The zero-order chi connectivity index (χ0) is 30.0. The van der Waals surface area contributed by atoms with Gasteiger partial charge in [-0.3, -0.25) is 4.90 Å². The van der Waals surface area contributed by atoms with Crippen molar-refractivity contribution in [1.82, 2.24) is 20.2 Å². The van der Waals surface area contributed by atoms with E-state index in [2.05, 4.69) is 20.1 Å². The molecule has 1 spiro atoms. The Morgan fingerprint density at radius 3 is 2.73 bits per heavy atom. The Bertz CT molecular complexity index is 1880. The number of anilines is 1. The van der Waals surface area contributed by atoms with Gasteiger partial charge in [-0.15, -0.1) is 0 Å². The number of hydrogen-bond acceptors (Lipinski definition) is 8. The average molecular weight is 628 g/mol. The minimum absolute atomic E-state index is 0.0476. The molecule has 2 saturated carbocycles. The van der Waals surface area contributed by atoms with Gasteiger partial charge in [-0.1, -0.05) is 35.9 Å². The van der Waals surface area contributed by atoms with Gasteiger partial charge in [-0.05, 0) is 73.1 Å². The molecule has 2 N–H and O–H groups in total. The maximum atomic E-state index is 16.8. The first-order valence-electron chi connectivity index (χ1n) is 16.4. The highest BCUT2D eigenvalue weighted by Crippen LogP contribution is 2.70. The summed E-state index contributed by atoms with van der Waals surface area (Å²) in [5.74, 6) is 0.170. The van der Waals surface area contributed by atoms with E-state index in [4.69, 9.17) is 26.1 Å². The monoisotopic (exact) mass is 627 g/mol. The van der Waals surface area contributed by atoms with Gasteiger partial charge in [0.1, 0.15) is 17.1 Å². The van der Waals surface area contributed by atoms with Crippen LogP contribution in [0.25, 0.3) is 32.8 Å². The Kier molecular flexibility index (Phi) is 5.77. The SMILES string of the molecule is Oc1cc(-c2c(Cl)cc3c(N4CC5CCC(C4)N5)nc(OCCCN4C5CC6CC57C(CC47)O6)nc3c2F)c2ccccc2c1. The van der Waals surface area contributed by atoms with Crippen LogP contribution in [-0.4, -0.2) is 82.6 Å². The van der Waals surface area contributed by atoms with Gasteiger partial charge in [-0.25, -0.2) is 4.39 Å². The Morgan fingerprint density at radius 1 is 1.07 bits per heavy atom. The summed E-state index contributed by atoms with van der Waals surface area (Å²) < 4.78 is 29.2. The Balaban J connectivity index is 0.992. The first-order valence-corrected chi connectivity index (χ1v) is 16.8. The number of nitrogens with zero attached hydrogens (tertiary/aromatic N) is 4. The second-order valence-electron chi connectivity index (χ2n) is 14.0. The summed E-state index contributed by atoms with van der Waals surface area (Å²) in [4.78, 5) is 14.5. The number of phenolic OH excluding ortho intramolecular Hbond substituents is 1. The minimum Gasteiger partial charge on any atom is -0.508 e. The van der Waals surface area contributed by atoms with Gasteiger partial charge in [0, 0.05) is 60.2 Å². The molecule has 45 heavy (non-hydrogen) atoms. The lowest BCUT2D eigenvalue weighted by Crippen LogP contribution is -2.80.